The van der Waals surface area contributed by atoms with Crippen LogP contribution in [0.25, 0.3) is 0 Å². The summed E-state index contributed by atoms with van der Waals surface area (Å²) < 4.78 is 24.1. The molecule has 0 radical (unpaired) electrons. The van der Waals surface area contributed by atoms with E-state index in [0.717, 1.165) is 5.56 Å². The molecule has 0 aromatic heterocycles. The average Bonchev–Trinajstić information content (AvgIpc) is 2.62. The summed E-state index contributed by atoms with van der Waals surface area (Å²) in [5.74, 6) is 0.495. The SMILES string of the molecule is COc1ccc(CCNC(=O)CNc2cccc(Cl)c2F)cc1OC. The van der Waals surface area contributed by atoms with Crippen molar-refractivity contribution in [1.82, 2.24) is 5.32 Å². The predicted molar refractivity (Wildman–Crippen MR) is 96.2 cm³/mol. The van der Waals surface area contributed by atoms with E-state index >= 15 is 0 Å². The number of anilines is 1. The molecule has 134 valence electrons. The molecule has 0 fully saturated rings. The van der Waals surface area contributed by atoms with Crippen LogP contribution in [0.2, 0.25) is 5.02 Å². The summed E-state index contributed by atoms with van der Waals surface area (Å²) in [5.41, 5.74) is 1.20. The number of rotatable bonds is 8. The van der Waals surface area contributed by atoms with Crippen molar-refractivity contribution in [3.63, 3.8) is 0 Å². The highest BCUT2D eigenvalue weighted by atomic mass is 35.5. The maximum Gasteiger partial charge on any atom is 0.239 e. The largest absolute Gasteiger partial charge is 0.493 e. The molecule has 0 saturated heterocycles. The first-order valence-corrected chi connectivity index (χ1v) is 8.08. The van der Waals surface area contributed by atoms with E-state index in [1.165, 1.54) is 12.1 Å². The molecule has 2 N–H and O–H groups in total. The van der Waals surface area contributed by atoms with Crippen molar-refractivity contribution in [2.75, 3.05) is 32.6 Å². The lowest BCUT2D eigenvalue weighted by Gasteiger charge is -2.11. The van der Waals surface area contributed by atoms with E-state index in [1.54, 1.807) is 20.3 Å². The molecule has 0 bridgehead atoms. The van der Waals surface area contributed by atoms with Crippen LogP contribution in [0, 0.1) is 5.82 Å². The highest BCUT2D eigenvalue weighted by molar-refractivity contribution is 6.31. The van der Waals surface area contributed by atoms with Crippen molar-refractivity contribution in [2.45, 2.75) is 6.42 Å². The number of benzene rings is 2. The Morgan fingerprint density at radius 3 is 2.64 bits per heavy atom. The highest BCUT2D eigenvalue weighted by Crippen LogP contribution is 2.27. The summed E-state index contributed by atoms with van der Waals surface area (Å²) in [6.45, 7) is 0.414. The minimum atomic E-state index is -0.567. The third-order valence-electron chi connectivity index (χ3n) is 3.57. The zero-order valence-electron chi connectivity index (χ0n) is 14.1. The molecule has 1 amide bonds. The molecular weight excluding hydrogens is 347 g/mol. The fraction of sp³-hybridized carbons (Fsp3) is 0.278. The van der Waals surface area contributed by atoms with Crippen LogP contribution >= 0.6 is 11.6 Å². The zero-order chi connectivity index (χ0) is 18.2. The Hall–Kier alpha value is -2.47. The van der Waals surface area contributed by atoms with Crippen LogP contribution in [0.3, 0.4) is 0 Å². The van der Waals surface area contributed by atoms with Crippen LogP contribution in [0.4, 0.5) is 10.1 Å². The molecule has 25 heavy (non-hydrogen) atoms. The number of ether oxygens (including phenoxy) is 2. The fourth-order valence-electron chi connectivity index (χ4n) is 2.26. The number of carbonyl (C=O) groups excluding carboxylic acids is 1. The van der Waals surface area contributed by atoms with E-state index in [0.29, 0.717) is 24.5 Å². The number of carbonyl (C=O) groups is 1. The molecule has 0 aliphatic carbocycles. The normalized spacial score (nSPS) is 10.2. The van der Waals surface area contributed by atoms with E-state index in [-0.39, 0.29) is 23.2 Å². The maximum absolute atomic E-state index is 13.7. The Bertz CT molecular complexity index is 740. The van der Waals surface area contributed by atoms with E-state index in [2.05, 4.69) is 10.6 Å². The number of hydrogen-bond donors (Lipinski definition) is 2. The van der Waals surface area contributed by atoms with Crippen LogP contribution in [-0.4, -0.2) is 33.2 Å². The summed E-state index contributed by atoms with van der Waals surface area (Å²) in [7, 11) is 3.15. The van der Waals surface area contributed by atoms with Crippen LogP contribution in [0.1, 0.15) is 5.56 Å². The van der Waals surface area contributed by atoms with Crippen LogP contribution in [-0.2, 0) is 11.2 Å². The summed E-state index contributed by atoms with van der Waals surface area (Å²) in [5, 5.41) is 5.51. The molecule has 0 spiro atoms. The van der Waals surface area contributed by atoms with Crippen LogP contribution in [0.15, 0.2) is 36.4 Å². The minimum absolute atomic E-state index is 0.0128. The second-order valence-corrected chi connectivity index (χ2v) is 5.65. The fourth-order valence-corrected chi connectivity index (χ4v) is 2.44. The molecule has 2 rings (SSSR count). The molecule has 0 atom stereocenters. The third-order valence-corrected chi connectivity index (χ3v) is 3.87. The van der Waals surface area contributed by atoms with Gasteiger partial charge in [0.15, 0.2) is 17.3 Å². The Balaban J connectivity index is 1.80. The summed E-state index contributed by atoms with van der Waals surface area (Å²) in [4.78, 5) is 11.9. The van der Waals surface area contributed by atoms with Crippen LogP contribution < -0.4 is 20.1 Å². The van der Waals surface area contributed by atoms with Gasteiger partial charge in [-0.25, -0.2) is 4.39 Å². The summed E-state index contributed by atoms with van der Waals surface area (Å²) in [6.07, 6.45) is 0.637. The van der Waals surface area contributed by atoms with Crippen molar-refractivity contribution in [3.8, 4) is 11.5 Å². The van der Waals surface area contributed by atoms with Gasteiger partial charge in [0, 0.05) is 6.54 Å². The van der Waals surface area contributed by atoms with Gasteiger partial charge in [-0.05, 0) is 36.2 Å². The van der Waals surface area contributed by atoms with Gasteiger partial charge in [0.2, 0.25) is 5.91 Å². The molecule has 0 heterocycles. The second-order valence-electron chi connectivity index (χ2n) is 5.24. The lowest BCUT2D eigenvalue weighted by atomic mass is 10.1. The van der Waals surface area contributed by atoms with E-state index in [9.17, 15) is 9.18 Å². The lowest BCUT2D eigenvalue weighted by molar-refractivity contribution is -0.119. The molecule has 5 nitrogen and oxygen atoms in total. The third kappa shape index (κ3) is 5.26. The Labute approximate surface area is 151 Å². The van der Waals surface area contributed by atoms with Gasteiger partial charge < -0.3 is 20.1 Å². The average molecular weight is 367 g/mol. The smallest absolute Gasteiger partial charge is 0.239 e. The van der Waals surface area contributed by atoms with Gasteiger partial charge in [-0.1, -0.05) is 23.7 Å². The van der Waals surface area contributed by atoms with Gasteiger partial charge in [0.05, 0.1) is 31.5 Å². The number of amides is 1. The first-order chi connectivity index (χ1) is 12.0. The first kappa shape index (κ1) is 18.9. The predicted octanol–water partition coefficient (Wildman–Crippen LogP) is 3.27. The topological polar surface area (TPSA) is 59.6 Å². The molecule has 2 aromatic rings. The van der Waals surface area contributed by atoms with Gasteiger partial charge in [0.25, 0.3) is 0 Å². The van der Waals surface area contributed by atoms with Gasteiger partial charge in [0.1, 0.15) is 0 Å². The lowest BCUT2D eigenvalue weighted by Crippen LogP contribution is -2.31. The van der Waals surface area contributed by atoms with Crippen molar-refractivity contribution in [1.29, 1.82) is 0 Å². The maximum atomic E-state index is 13.7. The number of nitrogens with one attached hydrogen (secondary N) is 2. The first-order valence-electron chi connectivity index (χ1n) is 7.70. The Morgan fingerprint density at radius 1 is 1.16 bits per heavy atom. The molecule has 0 saturated carbocycles. The highest BCUT2D eigenvalue weighted by Gasteiger charge is 2.08. The van der Waals surface area contributed by atoms with Crippen molar-refractivity contribution in [3.05, 3.63) is 52.8 Å². The number of methoxy groups -OCH3 is 2. The standard InChI is InChI=1S/C18H20ClFN2O3/c1-24-15-7-6-12(10-16(15)25-2)8-9-21-17(23)11-22-14-5-3-4-13(19)18(14)20/h3-7,10,22H,8-9,11H2,1-2H3,(H,21,23). The van der Waals surface area contributed by atoms with Crippen molar-refractivity contribution in [2.24, 2.45) is 0 Å². The Kier molecular flexibility index (Phi) is 6.89. The van der Waals surface area contributed by atoms with E-state index in [1.807, 2.05) is 18.2 Å². The minimum Gasteiger partial charge on any atom is -0.493 e. The molecule has 7 heteroatoms. The number of hydrogen-bond acceptors (Lipinski definition) is 4. The summed E-state index contributed by atoms with van der Waals surface area (Å²) in [6, 6.07) is 10.2. The molecule has 0 aliphatic heterocycles. The van der Waals surface area contributed by atoms with Gasteiger partial charge in [-0.15, -0.1) is 0 Å². The molecule has 2 aromatic carbocycles. The molecule has 0 aliphatic rings. The van der Waals surface area contributed by atoms with Gasteiger partial charge >= 0.3 is 0 Å². The summed E-state index contributed by atoms with van der Waals surface area (Å²) >= 11 is 5.69. The zero-order valence-corrected chi connectivity index (χ0v) is 14.8. The van der Waals surface area contributed by atoms with Crippen LogP contribution in [0.5, 0.6) is 11.5 Å². The molecule has 0 unspecified atom stereocenters. The monoisotopic (exact) mass is 366 g/mol. The quantitative estimate of drug-likeness (QED) is 0.752. The Morgan fingerprint density at radius 2 is 1.92 bits per heavy atom. The molecular formula is C18H20ClFN2O3. The second kappa shape index (κ2) is 9.13. The van der Waals surface area contributed by atoms with E-state index in [4.69, 9.17) is 21.1 Å². The van der Waals surface area contributed by atoms with E-state index < -0.39 is 5.82 Å². The van der Waals surface area contributed by atoms with Crippen molar-refractivity contribution < 1.29 is 18.7 Å². The number of halogens is 2. The van der Waals surface area contributed by atoms with Gasteiger partial charge in [-0.2, -0.15) is 0 Å². The van der Waals surface area contributed by atoms with Gasteiger partial charge in [-0.3, -0.25) is 4.79 Å². The van der Waals surface area contributed by atoms with Crippen molar-refractivity contribution >= 4 is 23.2 Å².